The van der Waals surface area contributed by atoms with Gasteiger partial charge in [-0.15, -0.1) is 0 Å². The molecule has 0 unspecified atom stereocenters. The van der Waals surface area contributed by atoms with Crippen LogP contribution in [0.5, 0.6) is 0 Å². The molecule has 1 nitrogen and oxygen atoms in total. The molecule has 2 aliphatic carbocycles. The second-order valence-corrected chi connectivity index (χ2v) is 2.81. The fourth-order valence-electron chi connectivity index (χ4n) is 1.14. The molecule has 0 amide bonds. The van der Waals surface area contributed by atoms with E-state index in [1.54, 1.807) is 6.07 Å². The number of carbonyl (C=O) groups is 1. The van der Waals surface area contributed by atoms with Crippen LogP contribution in [0.4, 0.5) is 0 Å². The van der Waals surface area contributed by atoms with Crippen LogP contribution in [0.2, 0.25) is 5.02 Å². The monoisotopic (exact) mass is 152 g/mol. The van der Waals surface area contributed by atoms with E-state index in [-0.39, 0.29) is 5.78 Å². The van der Waals surface area contributed by atoms with Gasteiger partial charge in [0.15, 0.2) is 5.78 Å². The molecule has 0 fully saturated rings. The molecule has 0 aromatic heterocycles. The van der Waals surface area contributed by atoms with Crippen molar-refractivity contribution in [2.75, 3.05) is 0 Å². The van der Waals surface area contributed by atoms with Crippen molar-refractivity contribution in [2.45, 2.75) is 6.42 Å². The zero-order valence-electron chi connectivity index (χ0n) is 5.23. The smallest absolute Gasteiger partial charge is 0.167 e. The first-order valence-electron chi connectivity index (χ1n) is 3.09. The second kappa shape index (κ2) is 1.83. The lowest BCUT2D eigenvalue weighted by Crippen LogP contribution is -2.10. The molecule has 0 atom stereocenters. The number of rotatable bonds is 0. The third-order valence-electron chi connectivity index (χ3n) is 1.73. The number of hydrogen-bond acceptors (Lipinski definition) is 1. The van der Waals surface area contributed by atoms with Crippen LogP contribution in [0.15, 0.2) is 18.2 Å². The molecule has 0 N–H and O–H groups in total. The molecule has 1 aromatic rings. The van der Waals surface area contributed by atoms with E-state index >= 15 is 0 Å². The molecule has 1 aromatic carbocycles. The molecule has 0 spiro atoms. The lowest BCUT2D eigenvalue weighted by Gasteiger charge is -2.11. The first-order chi connectivity index (χ1) is 4.77. The number of benzene rings is 1. The Morgan fingerprint density at radius 2 is 2.20 bits per heavy atom. The van der Waals surface area contributed by atoms with E-state index in [1.807, 2.05) is 12.1 Å². The molecule has 2 heteroatoms. The number of fused-ring (bicyclic) bond motifs is 3. The van der Waals surface area contributed by atoms with Crippen LogP contribution >= 0.6 is 11.6 Å². The summed E-state index contributed by atoms with van der Waals surface area (Å²) in [5.41, 5.74) is 1.68. The van der Waals surface area contributed by atoms with Gasteiger partial charge in [-0.25, -0.2) is 0 Å². The van der Waals surface area contributed by atoms with Gasteiger partial charge < -0.3 is 0 Å². The van der Waals surface area contributed by atoms with Crippen LogP contribution in [0.3, 0.4) is 0 Å². The summed E-state index contributed by atoms with van der Waals surface area (Å²) in [6.07, 6.45) is 0.487. The summed E-state index contributed by atoms with van der Waals surface area (Å²) in [6.45, 7) is 0. The molecule has 10 heavy (non-hydrogen) atoms. The Hall–Kier alpha value is -0.820. The van der Waals surface area contributed by atoms with Gasteiger partial charge in [-0.05, 0) is 11.6 Å². The van der Waals surface area contributed by atoms with Crippen molar-refractivity contribution in [1.82, 2.24) is 0 Å². The summed E-state index contributed by atoms with van der Waals surface area (Å²) < 4.78 is 0. The molecule has 0 saturated heterocycles. The van der Waals surface area contributed by atoms with E-state index in [0.29, 0.717) is 6.42 Å². The zero-order valence-corrected chi connectivity index (χ0v) is 5.98. The Labute approximate surface area is 63.6 Å². The van der Waals surface area contributed by atoms with Gasteiger partial charge in [-0.2, -0.15) is 0 Å². The molecule has 0 aliphatic heterocycles. The number of halogens is 1. The van der Waals surface area contributed by atoms with Crippen molar-refractivity contribution in [1.29, 1.82) is 0 Å². The maximum absolute atomic E-state index is 11.0. The zero-order chi connectivity index (χ0) is 7.14. The van der Waals surface area contributed by atoms with Crippen molar-refractivity contribution in [3.05, 3.63) is 34.3 Å². The summed E-state index contributed by atoms with van der Waals surface area (Å²) in [4.78, 5) is 11.0. The number of hydrogen-bond donors (Lipinski definition) is 0. The third kappa shape index (κ3) is 0.673. The first kappa shape index (κ1) is 5.93. The Morgan fingerprint density at radius 1 is 1.40 bits per heavy atom. The van der Waals surface area contributed by atoms with Gasteiger partial charge in [-0.1, -0.05) is 23.7 Å². The SMILES string of the molecule is O=C1Cc2ccc1cc2Cl. The molecule has 0 heterocycles. The van der Waals surface area contributed by atoms with E-state index in [1.165, 1.54) is 0 Å². The van der Waals surface area contributed by atoms with Gasteiger partial charge in [0.1, 0.15) is 0 Å². The molecular formula is C8H5ClO. The topological polar surface area (TPSA) is 17.1 Å². The highest BCUT2D eigenvalue weighted by Gasteiger charge is 2.16. The molecule has 2 bridgehead atoms. The highest BCUT2D eigenvalue weighted by molar-refractivity contribution is 6.32. The minimum absolute atomic E-state index is 0.182. The van der Waals surface area contributed by atoms with Crippen molar-refractivity contribution < 1.29 is 4.79 Å². The van der Waals surface area contributed by atoms with E-state index in [4.69, 9.17) is 11.6 Å². The summed E-state index contributed by atoms with van der Waals surface area (Å²) >= 11 is 5.78. The highest BCUT2D eigenvalue weighted by Crippen LogP contribution is 2.24. The van der Waals surface area contributed by atoms with Crippen molar-refractivity contribution >= 4 is 17.4 Å². The fraction of sp³-hybridized carbons (Fsp3) is 0.125. The average molecular weight is 153 g/mol. The lowest BCUT2D eigenvalue weighted by molar-refractivity contribution is 0.0989. The summed E-state index contributed by atoms with van der Waals surface area (Å²) in [5.74, 6) is 0.182. The first-order valence-corrected chi connectivity index (χ1v) is 3.47. The molecule has 50 valence electrons. The normalized spacial score (nSPS) is 14.3. The Bertz CT molecular complexity index is 304. The maximum atomic E-state index is 11.0. The predicted octanol–water partition coefficient (Wildman–Crippen LogP) is 2.08. The van der Waals surface area contributed by atoms with Gasteiger partial charge in [0.05, 0.1) is 0 Å². The summed E-state index contributed by atoms with van der Waals surface area (Å²) in [6, 6.07) is 5.44. The number of Topliss-reactive ketones (excluding diaryl/α,β-unsaturated/α-hetero) is 1. The van der Waals surface area contributed by atoms with Crippen LogP contribution in [-0.2, 0) is 6.42 Å². The van der Waals surface area contributed by atoms with Crippen LogP contribution in [0.1, 0.15) is 15.9 Å². The Balaban J connectivity index is 2.73. The van der Waals surface area contributed by atoms with E-state index in [0.717, 1.165) is 16.1 Å². The largest absolute Gasteiger partial charge is 0.294 e. The highest BCUT2D eigenvalue weighted by atomic mass is 35.5. The van der Waals surface area contributed by atoms with Gasteiger partial charge >= 0.3 is 0 Å². The molecule has 3 rings (SSSR count). The van der Waals surface area contributed by atoms with Gasteiger partial charge in [0.2, 0.25) is 0 Å². The quantitative estimate of drug-likeness (QED) is 0.556. The Morgan fingerprint density at radius 3 is 2.50 bits per heavy atom. The fourth-order valence-corrected chi connectivity index (χ4v) is 1.39. The van der Waals surface area contributed by atoms with E-state index in [9.17, 15) is 4.79 Å². The van der Waals surface area contributed by atoms with Crippen molar-refractivity contribution in [3.63, 3.8) is 0 Å². The summed E-state index contributed by atoms with van der Waals surface area (Å²) in [7, 11) is 0. The predicted molar refractivity (Wildman–Crippen MR) is 39.5 cm³/mol. The second-order valence-electron chi connectivity index (χ2n) is 2.41. The maximum Gasteiger partial charge on any atom is 0.167 e. The van der Waals surface area contributed by atoms with Crippen molar-refractivity contribution in [3.8, 4) is 0 Å². The van der Waals surface area contributed by atoms with Gasteiger partial charge in [0, 0.05) is 17.0 Å². The van der Waals surface area contributed by atoms with E-state index in [2.05, 4.69) is 0 Å². The van der Waals surface area contributed by atoms with Crippen LogP contribution in [0, 0.1) is 0 Å². The summed E-state index contributed by atoms with van der Waals surface area (Å²) in [5, 5.41) is 0.720. The number of carbonyl (C=O) groups excluding carboxylic acids is 1. The third-order valence-corrected chi connectivity index (χ3v) is 2.08. The minimum Gasteiger partial charge on any atom is -0.294 e. The molecule has 0 saturated carbocycles. The standard InChI is InChI=1S/C8H5ClO/c9-7-3-6-2-1-5(7)4-8(6)10/h1-3H,4H2. The molecule has 0 radical (unpaired) electrons. The Kier molecular flexibility index (Phi) is 1.08. The number of ketones is 1. The lowest BCUT2D eigenvalue weighted by atomic mass is 9.95. The van der Waals surface area contributed by atoms with Crippen LogP contribution in [0.25, 0.3) is 0 Å². The average Bonchev–Trinajstić information content (AvgIpc) is 1.91. The molecular weight excluding hydrogens is 148 g/mol. The van der Waals surface area contributed by atoms with E-state index < -0.39 is 0 Å². The van der Waals surface area contributed by atoms with Gasteiger partial charge in [0.25, 0.3) is 0 Å². The van der Waals surface area contributed by atoms with Gasteiger partial charge in [-0.3, -0.25) is 4.79 Å². The molecule has 2 aliphatic rings. The van der Waals surface area contributed by atoms with Crippen molar-refractivity contribution in [2.24, 2.45) is 0 Å². The van der Waals surface area contributed by atoms with Crippen LogP contribution in [-0.4, -0.2) is 5.78 Å². The van der Waals surface area contributed by atoms with Crippen LogP contribution < -0.4 is 0 Å². The minimum atomic E-state index is 0.182.